The van der Waals surface area contributed by atoms with Gasteiger partial charge in [0, 0.05) is 20.1 Å². The monoisotopic (exact) mass is 267 g/mol. The zero-order valence-electron chi connectivity index (χ0n) is 12.7. The summed E-state index contributed by atoms with van der Waals surface area (Å²) in [6.45, 7) is 8.06. The molecule has 0 aromatic heterocycles. The highest BCUT2D eigenvalue weighted by Crippen LogP contribution is 2.10. The second-order valence-electron chi connectivity index (χ2n) is 5.00. The van der Waals surface area contributed by atoms with Gasteiger partial charge in [0.05, 0.1) is 13.2 Å². The molecule has 1 heterocycles. The minimum absolute atomic E-state index is 0.733. The maximum atomic E-state index is 5.31. The molecule has 0 fully saturated rings. The number of nitrogens with one attached hydrogen (secondary N) is 2. The third-order valence-electron chi connectivity index (χ3n) is 3.73. The molecule has 0 radical (unpaired) electrons. The lowest BCUT2D eigenvalue weighted by molar-refractivity contribution is 0.153. The van der Waals surface area contributed by atoms with Crippen LogP contribution in [-0.2, 0) is 4.74 Å². The summed E-state index contributed by atoms with van der Waals surface area (Å²) in [6, 6.07) is 0. The Bertz CT molecular complexity index is 296. The van der Waals surface area contributed by atoms with E-state index in [0.717, 1.165) is 51.0 Å². The van der Waals surface area contributed by atoms with Gasteiger partial charge in [-0.2, -0.15) is 0 Å². The lowest BCUT2D eigenvalue weighted by Gasteiger charge is -2.18. The van der Waals surface area contributed by atoms with E-state index in [2.05, 4.69) is 35.5 Å². The second-order valence-corrected chi connectivity index (χ2v) is 5.00. The molecule has 19 heavy (non-hydrogen) atoms. The summed E-state index contributed by atoms with van der Waals surface area (Å²) in [5.41, 5.74) is 1.49. The first-order chi connectivity index (χ1) is 9.30. The maximum Gasteiger partial charge on any atom is 0.190 e. The van der Waals surface area contributed by atoms with Crippen LogP contribution in [0.2, 0.25) is 0 Å². The van der Waals surface area contributed by atoms with Crippen LogP contribution in [0.25, 0.3) is 0 Å². The van der Waals surface area contributed by atoms with E-state index in [1.54, 1.807) is 0 Å². The molecule has 0 bridgehead atoms. The van der Waals surface area contributed by atoms with Crippen LogP contribution in [0.5, 0.6) is 0 Å². The normalized spacial score (nSPS) is 16.4. The lowest BCUT2D eigenvalue weighted by Crippen LogP contribution is -2.40. The minimum atomic E-state index is 0.733. The highest BCUT2D eigenvalue weighted by Gasteiger charge is 2.06. The number of guanidine groups is 1. The quantitative estimate of drug-likeness (QED) is 0.423. The fourth-order valence-electron chi connectivity index (χ4n) is 2.17. The molecule has 1 aliphatic heterocycles. The van der Waals surface area contributed by atoms with Crippen molar-refractivity contribution in [2.45, 2.75) is 39.5 Å². The molecular weight excluding hydrogens is 238 g/mol. The predicted molar refractivity (Wildman–Crippen MR) is 81.6 cm³/mol. The van der Waals surface area contributed by atoms with Crippen LogP contribution in [0, 0.1) is 5.92 Å². The zero-order chi connectivity index (χ0) is 13.9. The van der Waals surface area contributed by atoms with Gasteiger partial charge < -0.3 is 15.4 Å². The van der Waals surface area contributed by atoms with Crippen molar-refractivity contribution in [1.29, 1.82) is 0 Å². The van der Waals surface area contributed by atoms with Gasteiger partial charge in [-0.05, 0) is 18.8 Å². The maximum absolute atomic E-state index is 5.31. The summed E-state index contributed by atoms with van der Waals surface area (Å²) in [5.74, 6) is 1.65. The smallest absolute Gasteiger partial charge is 0.190 e. The van der Waals surface area contributed by atoms with E-state index in [0.29, 0.717) is 0 Å². The van der Waals surface area contributed by atoms with Gasteiger partial charge in [0.25, 0.3) is 0 Å². The summed E-state index contributed by atoms with van der Waals surface area (Å²) < 4.78 is 5.31. The van der Waals surface area contributed by atoms with Gasteiger partial charge in [-0.3, -0.25) is 4.99 Å². The molecule has 1 aliphatic rings. The van der Waals surface area contributed by atoms with Crippen molar-refractivity contribution in [3.05, 3.63) is 11.6 Å². The Kier molecular flexibility index (Phi) is 8.30. The topological polar surface area (TPSA) is 45.7 Å². The number of hydrogen-bond acceptors (Lipinski definition) is 2. The third kappa shape index (κ3) is 6.62. The fourth-order valence-corrected chi connectivity index (χ4v) is 2.17. The molecule has 0 saturated carbocycles. The van der Waals surface area contributed by atoms with Gasteiger partial charge in [0.15, 0.2) is 5.96 Å². The molecule has 110 valence electrons. The molecular formula is C15H29N3O. The first kappa shape index (κ1) is 16.0. The van der Waals surface area contributed by atoms with E-state index < -0.39 is 0 Å². The zero-order valence-corrected chi connectivity index (χ0v) is 12.7. The number of rotatable bonds is 7. The Morgan fingerprint density at radius 3 is 2.74 bits per heavy atom. The summed E-state index contributed by atoms with van der Waals surface area (Å²) in [4.78, 5) is 4.26. The molecule has 0 aromatic carbocycles. The SMILES string of the molecule is CCC(CC)CNC(=NC)NCCC1=CCOCC1. The summed E-state index contributed by atoms with van der Waals surface area (Å²) in [6.07, 6.45) is 6.78. The largest absolute Gasteiger partial charge is 0.377 e. The molecule has 0 atom stereocenters. The summed E-state index contributed by atoms with van der Waals surface area (Å²) >= 11 is 0. The van der Waals surface area contributed by atoms with E-state index in [4.69, 9.17) is 4.74 Å². The van der Waals surface area contributed by atoms with Crippen LogP contribution in [0.15, 0.2) is 16.6 Å². The van der Waals surface area contributed by atoms with Crippen molar-refractivity contribution in [3.8, 4) is 0 Å². The van der Waals surface area contributed by atoms with Crippen LogP contribution in [-0.4, -0.2) is 39.3 Å². The molecule has 0 aliphatic carbocycles. The van der Waals surface area contributed by atoms with Crippen molar-refractivity contribution < 1.29 is 4.74 Å². The number of aliphatic imine (C=N–C) groups is 1. The Morgan fingerprint density at radius 1 is 1.37 bits per heavy atom. The van der Waals surface area contributed by atoms with Gasteiger partial charge in [0.1, 0.15) is 0 Å². The molecule has 4 nitrogen and oxygen atoms in total. The Hall–Kier alpha value is -1.03. The first-order valence-corrected chi connectivity index (χ1v) is 7.50. The van der Waals surface area contributed by atoms with Crippen LogP contribution in [0.3, 0.4) is 0 Å². The van der Waals surface area contributed by atoms with E-state index in [-0.39, 0.29) is 0 Å². The molecule has 0 aromatic rings. The van der Waals surface area contributed by atoms with Crippen LogP contribution >= 0.6 is 0 Å². The number of nitrogens with zero attached hydrogens (tertiary/aromatic N) is 1. The molecule has 0 amide bonds. The summed E-state index contributed by atoms with van der Waals surface area (Å²) in [7, 11) is 1.83. The van der Waals surface area contributed by atoms with Crippen LogP contribution < -0.4 is 10.6 Å². The Labute approximate surface area is 117 Å². The molecule has 1 rings (SSSR count). The fraction of sp³-hybridized carbons (Fsp3) is 0.800. The number of hydrogen-bond donors (Lipinski definition) is 2. The third-order valence-corrected chi connectivity index (χ3v) is 3.73. The van der Waals surface area contributed by atoms with Gasteiger partial charge in [-0.25, -0.2) is 0 Å². The standard InChI is InChI=1S/C15H29N3O/c1-4-13(5-2)12-18-15(16-3)17-9-6-14-7-10-19-11-8-14/h7,13H,4-6,8-12H2,1-3H3,(H2,16,17,18). The van der Waals surface area contributed by atoms with Crippen molar-refractivity contribution in [2.24, 2.45) is 10.9 Å². The molecule has 0 saturated heterocycles. The highest BCUT2D eigenvalue weighted by molar-refractivity contribution is 5.79. The molecule has 0 spiro atoms. The van der Waals surface area contributed by atoms with Crippen LogP contribution in [0.1, 0.15) is 39.5 Å². The van der Waals surface area contributed by atoms with E-state index in [9.17, 15) is 0 Å². The highest BCUT2D eigenvalue weighted by atomic mass is 16.5. The lowest BCUT2D eigenvalue weighted by atomic mass is 10.0. The van der Waals surface area contributed by atoms with Crippen molar-refractivity contribution >= 4 is 5.96 Å². The van der Waals surface area contributed by atoms with Gasteiger partial charge in [-0.15, -0.1) is 0 Å². The predicted octanol–water partition coefficient (Wildman–Crippen LogP) is 2.32. The molecule has 0 unspecified atom stereocenters. The van der Waals surface area contributed by atoms with E-state index >= 15 is 0 Å². The molecule has 2 N–H and O–H groups in total. The van der Waals surface area contributed by atoms with Gasteiger partial charge in [-0.1, -0.05) is 38.3 Å². The van der Waals surface area contributed by atoms with Crippen molar-refractivity contribution in [1.82, 2.24) is 10.6 Å². The Morgan fingerprint density at radius 2 is 2.16 bits per heavy atom. The summed E-state index contributed by atoms with van der Waals surface area (Å²) in [5, 5.41) is 6.78. The van der Waals surface area contributed by atoms with E-state index in [1.165, 1.54) is 18.4 Å². The average molecular weight is 267 g/mol. The van der Waals surface area contributed by atoms with Crippen molar-refractivity contribution in [3.63, 3.8) is 0 Å². The van der Waals surface area contributed by atoms with Crippen LogP contribution in [0.4, 0.5) is 0 Å². The second kappa shape index (κ2) is 9.84. The number of ether oxygens (including phenoxy) is 1. The average Bonchev–Trinajstić information content (AvgIpc) is 2.47. The minimum Gasteiger partial charge on any atom is -0.377 e. The molecule has 4 heteroatoms. The van der Waals surface area contributed by atoms with Gasteiger partial charge >= 0.3 is 0 Å². The first-order valence-electron chi connectivity index (χ1n) is 7.50. The van der Waals surface area contributed by atoms with Crippen molar-refractivity contribution in [2.75, 3.05) is 33.4 Å². The van der Waals surface area contributed by atoms with Gasteiger partial charge in [0.2, 0.25) is 0 Å². The Balaban J connectivity index is 2.19. The van der Waals surface area contributed by atoms with E-state index in [1.807, 2.05) is 7.05 Å².